The number of benzene rings is 1. The largest absolute Gasteiger partial charge is 0.330 e. The van der Waals surface area contributed by atoms with E-state index in [0.717, 1.165) is 0 Å². The van der Waals surface area contributed by atoms with Crippen LogP contribution in [0, 0.1) is 10.1 Å². The van der Waals surface area contributed by atoms with E-state index in [1.165, 1.54) is 6.07 Å². The van der Waals surface area contributed by atoms with Crippen LogP contribution in [-0.4, -0.2) is 11.5 Å². The van der Waals surface area contributed by atoms with Gasteiger partial charge >= 0.3 is 0 Å². The van der Waals surface area contributed by atoms with Crippen LogP contribution in [0.3, 0.4) is 0 Å². The summed E-state index contributed by atoms with van der Waals surface area (Å²) in [6.07, 6.45) is 4.07. The highest BCUT2D eigenvalue weighted by atomic mass is 35.5. The second kappa shape index (κ2) is 5.48. The van der Waals surface area contributed by atoms with Crippen molar-refractivity contribution < 1.29 is 4.92 Å². The van der Waals surface area contributed by atoms with Gasteiger partial charge in [-0.05, 0) is 19.0 Å². The molecule has 0 saturated heterocycles. The van der Waals surface area contributed by atoms with Gasteiger partial charge < -0.3 is 5.73 Å². The number of nitrogens with zero attached hydrogens (tertiary/aromatic N) is 1. The number of nitrogens with two attached hydrogens (primary N) is 1. The summed E-state index contributed by atoms with van der Waals surface area (Å²) >= 11 is 5.87. The first-order chi connectivity index (χ1) is 7.16. The van der Waals surface area contributed by atoms with Crippen molar-refractivity contribution in [3.63, 3.8) is 0 Å². The van der Waals surface area contributed by atoms with Crippen molar-refractivity contribution in [2.45, 2.75) is 6.42 Å². The van der Waals surface area contributed by atoms with Crippen molar-refractivity contribution >= 4 is 23.4 Å². The first-order valence-electron chi connectivity index (χ1n) is 4.46. The number of nitro benzene ring substituents is 1. The van der Waals surface area contributed by atoms with Gasteiger partial charge in [0.15, 0.2) is 0 Å². The van der Waals surface area contributed by atoms with E-state index in [0.29, 0.717) is 23.6 Å². The second-order valence-electron chi connectivity index (χ2n) is 2.91. The minimum Gasteiger partial charge on any atom is -0.330 e. The maximum atomic E-state index is 10.7. The molecule has 0 aliphatic rings. The van der Waals surface area contributed by atoms with Gasteiger partial charge in [-0.3, -0.25) is 10.1 Å². The molecule has 0 aromatic heterocycles. The fourth-order valence-corrected chi connectivity index (χ4v) is 1.38. The van der Waals surface area contributed by atoms with E-state index >= 15 is 0 Å². The first kappa shape index (κ1) is 11.7. The van der Waals surface area contributed by atoms with Gasteiger partial charge in [-0.1, -0.05) is 29.8 Å². The molecule has 0 fully saturated rings. The van der Waals surface area contributed by atoms with Crippen LogP contribution in [0.25, 0.3) is 6.08 Å². The van der Waals surface area contributed by atoms with Crippen molar-refractivity contribution in [3.8, 4) is 0 Å². The molecule has 0 aliphatic heterocycles. The van der Waals surface area contributed by atoms with Crippen LogP contribution in [-0.2, 0) is 0 Å². The molecule has 5 heteroatoms. The Kier molecular flexibility index (Phi) is 4.27. The van der Waals surface area contributed by atoms with Gasteiger partial charge in [0.1, 0.15) is 0 Å². The van der Waals surface area contributed by atoms with Gasteiger partial charge in [-0.15, -0.1) is 0 Å². The highest BCUT2D eigenvalue weighted by Gasteiger charge is 2.13. The van der Waals surface area contributed by atoms with Crippen LogP contribution >= 0.6 is 11.6 Å². The number of hydrogen-bond acceptors (Lipinski definition) is 3. The molecular formula is C10H11ClN2O2. The summed E-state index contributed by atoms with van der Waals surface area (Å²) in [4.78, 5) is 10.2. The molecule has 2 N–H and O–H groups in total. The Morgan fingerprint density at radius 3 is 2.87 bits per heavy atom. The maximum absolute atomic E-state index is 10.7. The Labute approximate surface area is 92.5 Å². The molecule has 1 rings (SSSR count). The van der Waals surface area contributed by atoms with Crippen LogP contribution in [0.2, 0.25) is 5.02 Å². The maximum Gasteiger partial charge on any atom is 0.278 e. The Balaban J connectivity index is 3.07. The lowest BCUT2D eigenvalue weighted by Crippen LogP contribution is -1.95. The molecule has 0 unspecified atom stereocenters. The van der Waals surface area contributed by atoms with Crippen molar-refractivity contribution in [2.24, 2.45) is 5.73 Å². The SMILES string of the molecule is NCCC=Cc1c(Cl)cccc1[N+](=O)[O-]. The van der Waals surface area contributed by atoms with Gasteiger partial charge in [-0.25, -0.2) is 0 Å². The van der Waals surface area contributed by atoms with E-state index in [4.69, 9.17) is 17.3 Å². The fourth-order valence-electron chi connectivity index (χ4n) is 1.15. The van der Waals surface area contributed by atoms with Crippen molar-refractivity contribution in [2.75, 3.05) is 6.54 Å². The monoisotopic (exact) mass is 226 g/mol. The molecular weight excluding hydrogens is 216 g/mol. The van der Waals surface area contributed by atoms with E-state index in [1.807, 2.05) is 0 Å². The fraction of sp³-hybridized carbons (Fsp3) is 0.200. The highest BCUT2D eigenvalue weighted by molar-refractivity contribution is 6.32. The number of halogens is 1. The standard InChI is InChI=1S/C10H11ClN2O2/c11-9-5-3-6-10(13(14)15)8(9)4-1-2-7-12/h1,3-6H,2,7,12H2. The summed E-state index contributed by atoms with van der Waals surface area (Å²) in [5.74, 6) is 0. The molecule has 1 aromatic carbocycles. The second-order valence-corrected chi connectivity index (χ2v) is 3.32. The summed E-state index contributed by atoms with van der Waals surface area (Å²) in [5, 5.41) is 11.1. The van der Waals surface area contributed by atoms with Gasteiger partial charge in [0.05, 0.1) is 15.5 Å². The van der Waals surface area contributed by atoms with Crippen LogP contribution < -0.4 is 5.73 Å². The summed E-state index contributed by atoms with van der Waals surface area (Å²) in [6, 6.07) is 4.60. The molecule has 0 spiro atoms. The van der Waals surface area contributed by atoms with Crippen molar-refractivity contribution in [1.29, 1.82) is 0 Å². The predicted octanol–water partition coefficient (Wildman–Crippen LogP) is 2.61. The third-order valence-electron chi connectivity index (χ3n) is 1.84. The molecule has 0 atom stereocenters. The average molecular weight is 227 g/mol. The molecule has 0 radical (unpaired) electrons. The average Bonchev–Trinajstić information content (AvgIpc) is 2.20. The summed E-state index contributed by atoms with van der Waals surface area (Å²) in [7, 11) is 0. The summed E-state index contributed by atoms with van der Waals surface area (Å²) in [5.41, 5.74) is 5.75. The van der Waals surface area contributed by atoms with Gasteiger partial charge in [0.25, 0.3) is 5.69 Å². The van der Waals surface area contributed by atoms with Crippen LogP contribution in [0.5, 0.6) is 0 Å². The molecule has 0 heterocycles. The Morgan fingerprint density at radius 1 is 1.53 bits per heavy atom. The number of hydrogen-bond donors (Lipinski definition) is 1. The van der Waals surface area contributed by atoms with Crippen LogP contribution in [0.1, 0.15) is 12.0 Å². The number of rotatable bonds is 4. The van der Waals surface area contributed by atoms with Crippen LogP contribution in [0.15, 0.2) is 24.3 Å². The quantitative estimate of drug-likeness (QED) is 0.634. The summed E-state index contributed by atoms with van der Waals surface area (Å²) < 4.78 is 0. The normalized spacial score (nSPS) is 10.8. The molecule has 4 nitrogen and oxygen atoms in total. The molecule has 0 saturated carbocycles. The Morgan fingerprint density at radius 2 is 2.27 bits per heavy atom. The molecule has 15 heavy (non-hydrogen) atoms. The first-order valence-corrected chi connectivity index (χ1v) is 4.84. The van der Waals surface area contributed by atoms with E-state index in [1.54, 1.807) is 24.3 Å². The lowest BCUT2D eigenvalue weighted by atomic mass is 10.1. The molecule has 0 bridgehead atoms. The van der Waals surface area contributed by atoms with E-state index in [2.05, 4.69) is 0 Å². The zero-order chi connectivity index (χ0) is 11.3. The van der Waals surface area contributed by atoms with Gasteiger partial charge in [0.2, 0.25) is 0 Å². The Hall–Kier alpha value is -1.39. The van der Waals surface area contributed by atoms with Crippen molar-refractivity contribution in [3.05, 3.63) is 45.0 Å². The minimum absolute atomic E-state index is 0.00997. The van der Waals surface area contributed by atoms with Crippen LogP contribution in [0.4, 0.5) is 5.69 Å². The highest BCUT2D eigenvalue weighted by Crippen LogP contribution is 2.27. The molecule has 1 aromatic rings. The third-order valence-corrected chi connectivity index (χ3v) is 2.17. The topological polar surface area (TPSA) is 69.2 Å². The third kappa shape index (κ3) is 3.04. The van der Waals surface area contributed by atoms with E-state index in [-0.39, 0.29) is 5.69 Å². The smallest absolute Gasteiger partial charge is 0.278 e. The molecule has 0 aliphatic carbocycles. The van der Waals surface area contributed by atoms with Crippen molar-refractivity contribution in [1.82, 2.24) is 0 Å². The summed E-state index contributed by atoms with van der Waals surface area (Å²) in [6.45, 7) is 0.509. The zero-order valence-corrected chi connectivity index (χ0v) is 8.78. The minimum atomic E-state index is -0.450. The molecule has 0 amide bonds. The van der Waals surface area contributed by atoms with Gasteiger partial charge in [0, 0.05) is 6.07 Å². The molecule has 80 valence electrons. The van der Waals surface area contributed by atoms with Gasteiger partial charge in [-0.2, -0.15) is 0 Å². The lowest BCUT2D eigenvalue weighted by molar-refractivity contribution is -0.385. The van der Waals surface area contributed by atoms with E-state index < -0.39 is 4.92 Å². The lowest BCUT2D eigenvalue weighted by Gasteiger charge is -1.99. The predicted molar refractivity (Wildman–Crippen MR) is 60.8 cm³/mol. The number of nitro groups is 1. The zero-order valence-electron chi connectivity index (χ0n) is 8.02. The Bertz CT molecular complexity index is 391. The van der Waals surface area contributed by atoms with E-state index in [9.17, 15) is 10.1 Å².